The maximum atomic E-state index is 12.4. The van der Waals surface area contributed by atoms with E-state index in [1.807, 2.05) is 6.92 Å². The summed E-state index contributed by atoms with van der Waals surface area (Å²) in [4.78, 5) is 13.4. The molecular formula is C19H20ClF3N4O. The Balaban J connectivity index is 2.12. The minimum Gasteiger partial charge on any atom is -0.406 e. The molecule has 0 saturated heterocycles. The summed E-state index contributed by atoms with van der Waals surface area (Å²) in [5.41, 5.74) is 2.22. The van der Waals surface area contributed by atoms with Crippen molar-refractivity contribution in [1.29, 1.82) is 0 Å². The van der Waals surface area contributed by atoms with Crippen molar-refractivity contribution in [2.75, 3.05) is 0 Å². The lowest BCUT2D eigenvalue weighted by Crippen LogP contribution is -2.17. The molecule has 0 bridgehead atoms. The largest absolute Gasteiger partial charge is 0.573 e. The van der Waals surface area contributed by atoms with Crippen molar-refractivity contribution < 1.29 is 17.9 Å². The Morgan fingerprint density at radius 1 is 1.21 bits per heavy atom. The van der Waals surface area contributed by atoms with E-state index in [-0.39, 0.29) is 16.8 Å². The molecule has 1 unspecified atom stereocenters. The first-order chi connectivity index (χ1) is 13.2. The standard InChI is InChI=1S/C19H20ClF3N4O/c1-4-6-11(3)27-15(5-2)26-17-16(24-10-25-18(17)27)13-8-7-12(9-14(13)20)28-19(21,22)23/h7-11H,4-6H2,1-3H3. The smallest absolute Gasteiger partial charge is 0.406 e. The molecule has 28 heavy (non-hydrogen) atoms. The number of aryl methyl sites for hydroxylation is 1. The lowest BCUT2D eigenvalue weighted by atomic mass is 10.1. The predicted octanol–water partition coefficient (Wildman–Crippen LogP) is 5.97. The zero-order valence-electron chi connectivity index (χ0n) is 15.7. The highest BCUT2D eigenvalue weighted by atomic mass is 35.5. The van der Waals surface area contributed by atoms with E-state index < -0.39 is 6.36 Å². The van der Waals surface area contributed by atoms with Crippen LogP contribution in [0.25, 0.3) is 22.4 Å². The van der Waals surface area contributed by atoms with Gasteiger partial charge in [0.1, 0.15) is 29.1 Å². The molecule has 1 aromatic carbocycles. The number of ether oxygens (including phenoxy) is 1. The van der Waals surface area contributed by atoms with Gasteiger partial charge in [-0.15, -0.1) is 13.2 Å². The maximum absolute atomic E-state index is 12.4. The first-order valence-corrected chi connectivity index (χ1v) is 9.40. The molecule has 0 N–H and O–H groups in total. The molecule has 5 nitrogen and oxygen atoms in total. The highest BCUT2D eigenvalue weighted by molar-refractivity contribution is 6.33. The first kappa shape index (κ1) is 20.4. The summed E-state index contributed by atoms with van der Waals surface area (Å²) in [6.07, 6.45) is -0.645. The molecule has 3 aromatic rings. The minimum atomic E-state index is -4.78. The maximum Gasteiger partial charge on any atom is 0.573 e. The molecule has 0 aliphatic rings. The van der Waals surface area contributed by atoms with E-state index in [0.717, 1.165) is 31.2 Å². The third kappa shape index (κ3) is 4.06. The van der Waals surface area contributed by atoms with E-state index in [1.165, 1.54) is 18.5 Å². The molecule has 2 heterocycles. The van der Waals surface area contributed by atoms with Crippen LogP contribution in [0.4, 0.5) is 13.2 Å². The van der Waals surface area contributed by atoms with Crippen molar-refractivity contribution in [3.63, 3.8) is 0 Å². The molecule has 0 saturated carbocycles. The van der Waals surface area contributed by atoms with Crippen molar-refractivity contribution in [2.45, 2.75) is 52.4 Å². The highest BCUT2D eigenvalue weighted by Gasteiger charge is 2.31. The fraction of sp³-hybridized carbons (Fsp3) is 0.421. The summed E-state index contributed by atoms with van der Waals surface area (Å²) in [6, 6.07) is 3.99. The van der Waals surface area contributed by atoms with Gasteiger partial charge in [-0.25, -0.2) is 15.0 Å². The number of fused-ring (bicyclic) bond motifs is 1. The van der Waals surface area contributed by atoms with Crippen molar-refractivity contribution >= 4 is 22.8 Å². The van der Waals surface area contributed by atoms with Crippen LogP contribution in [-0.4, -0.2) is 25.9 Å². The van der Waals surface area contributed by atoms with E-state index in [2.05, 4.69) is 33.1 Å². The van der Waals surface area contributed by atoms with Crippen molar-refractivity contribution in [2.24, 2.45) is 0 Å². The van der Waals surface area contributed by atoms with Gasteiger partial charge < -0.3 is 9.30 Å². The lowest BCUT2D eigenvalue weighted by Gasteiger charge is -2.15. The Labute approximate surface area is 165 Å². The Morgan fingerprint density at radius 2 is 1.96 bits per heavy atom. The van der Waals surface area contributed by atoms with Crippen molar-refractivity contribution in [3.05, 3.63) is 35.4 Å². The zero-order chi connectivity index (χ0) is 20.5. The summed E-state index contributed by atoms with van der Waals surface area (Å²) >= 11 is 6.24. The molecule has 0 aliphatic carbocycles. The van der Waals surface area contributed by atoms with Crippen LogP contribution in [0.2, 0.25) is 5.02 Å². The number of hydrogen-bond acceptors (Lipinski definition) is 4. The molecule has 2 aromatic heterocycles. The van der Waals surface area contributed by atoms with Gasteiger partial charge in [0.15, 0.2) is 5.65 Å². The van der Waals surface area contributed by atoms with Crippen LogP contribution in [-0.2, 0) is 6.42 Å². The minimum absolute atomic E-state index is 0.0935. The molecule has 0 aliphatic heterocycles. The quantitative estimate of drug-likeness (QED) is 0.500. The Morgan fingerprint density at radius 3 is 2.57 bits per heavy atom. The van der Waals surface area contributed by atoms with Crippen LogP contribution in [0.15, 0.2) is 24.5 Å². The Bertz CT molecular complexity index is 987. The topological polar surface area (TPSA) is 52.8 Å². The number of imidazole rings is 1. The molecule has 3 rings (SSSR count). The average molecular weight is 413 g/mol. The fourth-order valence-electron chi connectivity index (χ4n) is 3.30. The van der Waals surface area contributed by atoms with Gasteiger partial charge in [0, 0.05) is 18.0 Å². The molecule has 0 spiro atoms. The molecule has 0 radical (unpaired) electrons. The van der Waals surface area contributed by atoms with Gasteiger partial charge in [0.05, 0.1) is 5.02 Å². The van der Waals surface area contributed by atoms with Crippen LogP contribution in [0.3, 0.4) is 0 Å². The summed E-state index contributed by atoms with van der Waals surface area (Å²) in [5.74, 6) is 0.494. The van der Waals surface area contributed by atoms with Gasteiger partial charge in [0.25, 0.3) is 0 Å². The number of hydrogen-bond donors (Lipinski definition) is 0. The number of benzene rings is 1. The van der Waals surface area contributed by atoms with Crippen LogP contribution in [0, 0.1) is 0 Å². The second-order valence-electron chi connectivity index (χ2n) is 6.47. The first-order valence-electron chi connectivity index (χ1n) is 9.02. The van der Waals surface area contributed by atoms with Crippen LogP contribution in [0.1, 0.15) is 45.5 Å². The van der Waals surface area contributed by atoms with Crippen molar-refractivity contribution in [1.82, 2.24) is 19.5 Å². The Hall–Kier alpha value is -2.35. The zero-order valence-corrected chi connectivity index (χ0v) is 16.5. The predicted molar refractivity (Wildman–Crippen MR) is 101 cm³/mol. The van der Waals surface area contributed by atoms with E-state index in [4.69, 9.17) is 16.6 Å². The van der Waals surface area contributed by atoms with E-state index in [9.17, 15) is 13.2 Å². The lowest BCUT2D eigenvalue weighted by molar-refractivity contribution is -0.274. The van der Waals surface area contributed by atoms with E-state index in [1.54, 1.807) is 0 Å². The molecule has 0 fully saturated rings. The summed E-state index contributed by atoms with van der Waals surface area (Å²) in [6.45, 7) is 6.24. The van der Waals surface area contributed by atoms with Gasteiger partial charge in [0.2, 0.25) is 0 Å². The normalized spacial score (nSPS) is 13.1. The van der Waals surface area contributed by atoms with Crippen LogP contribution in [0.5, 0.6) is 5.75 Å². The number of nitrogens with zero attached hydrogens (tertiary/aromatic N) is 4. The second kappa shape index (κ2) is 7.95. The molecule has 150 valence electrons. The van der Waals surface area contributed by atoms with E-state index in [0.29, 0.717) is 22.4 Å². The SMILES string of the molecule is CCCC(C)n1c(CC)nc2c(-c3ccc(OC(F)(F)F)cc3Cl)ncnc21. The van der Waals surface area contributed by atoms with Gasteiger partial charge in [-0.3, -0.25) is 0 Å². The van der Waals surface area contributed by atoms with Crippen LogP contribution >= 0.6 is 11.6 Å². The van der Waals surface area contributed by atoms with E-state index >= 15 is 0 Å². The number of alkyl halides is 3. The number of rotatable bonds is 6. The second-order valence-corrected chi connectivity index (χ2v) is 6.88. The monoisotopic (exact) mass is 412 g/mol. The third-order valence-electron chi connectivity index (χ3n) is 4.44. The third-order valence-corrected chi connectivity index (χ3v) is 4.76. The van der Waals surface area contributed by atoms with Gasteiger partial charge in [-0.05, 0) is 31.5 Å². The Kier molecular flexibility index (Phi) is 5.79. The van der Waals surface area contributed by atoms with Crippen molar-refractivity contribution in [3.8, 4) is 17.0 Å². The molecule has 0 amide bonds. The molecule has 9 heteroatoms. The fourth-order valence-corrected chi connectivity index (χ4v) is 3.56. The van der Waals surface area contributed by atoms with Gasteiger partial charge >= 0.3 is 6.36 Å². The summed E-state index contributed by atoms with van der Waals surface area (Å²) in [7, 11) is 0. The number of aromatic nitrogens is 4. The van der Waals surface area contributed by atoms with Gasteiger partial charge in [-0.1, -0.05) is 31.9 Å². The summed E-state index contributed by atoms with van der Waals surface area (Å²) in [5, 5.41) is 0.0935. The average Bonchev–Trinajstić information content (AvgIpc) is 2.99. The molecule has 1 atom stereocenters. The highest BCUT2D eigenvalue weighted by Crippen LogP contribution is 2.35. The van der Waals surface area contributed by atoms with Gasteiger partial charge in [-0.2, -0.15) is 0 Å². The number of halogens is 4. The molecular weight excluding hydrogens is 393 g/mol. The summed E-state index contributed by atoms with van der Waals surface area (Å²) < 4.78 is 43.3. The van der Waals surface area contributed by atoms with Crippen LogP contribution < -0.4 is 4.74 Å².